The van der Waals surface area contributed by atoms with Gasteiger partial charge in [-0.2, -0.15) is 0 Å². The maximum absolute atomic E-state index is 12.4. The van der Waals surface area contributed by atoms with E-state index in [1.54, 1.807) is 36.4 Å². The summed E-state index contributed by atoms with van der Waals surface area (Å²) in [6, 6.07) is 14.3. The van der Waals surface area contributed by atoms with E-state index in [0.717, 1.165) is 9.94 Å². The Morgan fingerprint density at radius 1 is 0.800 bits per heavy atom. The van der Waals surface area contributed by atoms with Gasteiger partial charge < -0.3 is 20.8 Å². The third-order valence-corrected chi connectivity index (χ3v) is 6.53. The molecule has 2 aromatic carbocycles. The normalized spacial score (nSPS) is 19.3. The van der Waals surface area contributed by atoms with Crippen LogP contribution in [0.1, 0.15) is 50.7 Å². The van der Waals surface area contributed by atoms with Crippen LogP contribution in [0, 0.1) is 0 Å². The van der Waals surface area contributed by atoms with Crippen molar-refractivity contribution in [1.29, 1.82) is 0 Å². The molecule has 0 radical (unpaired) electrons. The predicted molar refractivity (Wildman–Crippen MR) is 120 cm³/mol. The molecule has 0 aliphatic carbocycles. The quantitative estimate of drug-likeness (QED) is 0.630. The third kappa shape index (κ3) is 4.31. The van der Waals surface area contributed by atoms with E-state index in [4.69, 9.17) is 20.8 Å². The van der Waals surface area contributed by atoms with Gasteiger partial charge in [0.1, 0.15) is 0 Å². The van der Waals surface area contributed by atoms with Gasteiger partial charge in [0.2, 0.25) is 11.8 Å². The summed E-state index contributed by atoms with van der Waals surface area (Å²) in [7, 11) is -0.519. The second kappa shape index (κ2) is 8.17. The number of amides is 2. The van der Waals surface area contributed by atoms with Crippen LogP contribution < -0.4 is 16.9 Å². The Morgan fingerprint density at radius 3 is 1.53 bits per heavy atom. The molecule has 0 spiro atoms. The maximum atomic E-state index is 12.4. The van der Waals surface area contributed by atoms with Crippen LogP contribution in [0.5, 0.6) is 0 Å². The van der Waals surface area contributed by atoms with Gasteiger partial charge in [0.25, 0.3) is 0 Å². The van der Waals surface area contributed by atoms with E-state index in [9.17, 15) is 9.59 Å². The summed E-state index contributed by atoms with van der Waals surface area (Å²) in [6.07, 6.45) is 0. The Kier molecular flexibility index (Phi) is 6.14. The summed E-state index contributed by atoms with van der Waals surface area (Å²) in [6.45, 7) is 7.95. The Hall–Kier alpha value is -2.16. The van der Waals surface area contributed by atoms with Gasteiger partial charge in [-0.15, -0.1) is 0 Å². The molecule has 30 heavy (non-hydrogen) atoms. The van der Waals surface area contributed by atoms with Crippen molar-refractivity contribution in [2.24, 2.45) is 11.5 Å². The van der Waals surface area contributed by atoms with Crippen LogP contribution in [0.4, 0.5) is 0 Å². The number of carbonyl (C=O) groups is 2. The van der Waals surface area contributed by atoms with E-state index in [1.165, 1.54) is 0 Å². The van der Waals surface area contributed by atoms with Gasteiger partial charge in [0.05, 0.1) is 23.0 Å². The Balaban J connectivity index is 1.92. The lowest BCUT2D eigenvalue weighted by Gasteiger charge is -2.32. The van der Waals surface area contributed by atoms with Crippen molar-refractivity contribution >= 4 is 40.3 Å². The van der Waals surface area contributed by atoms with Gasteiger partial charge in [0, 0.05) is 4.47 Å². The first-order chi connectivity index (χ1) is 13.9. The fraction of sp³-hybridized carbons (Fsp3) is 0.364. The van der Waals surface area contributed by atoms with Gasteiger partial charge in [-0.25, -0.2) is 0 Å². The summed E-state index contributed by atoms with van der Waals surface area (Å²) < 4.78 is 13.0. The third-order valence-electron chi connectivity index (χ3n) is 6.00. The second-order valence-corrected chi connectivity index (χ2v) is 9.48. The van der Waals surface area contributed by atoms with Crippen molar-refractivity contribution in [3.63, 3.8) is 0 Å². The lowest BCUT2D eigenvalue weighted by Crippen LogP contribution is -2.41. The first-order valence-corrected chi connectivity index (χ1v) is 10.5. The zero-order chi connectivity index (χ0) is 22.3. The van der Waals surface area contributed by atoms with E-state index >= 15 is 0 Å². The fourth-order valence-electron chi connectivity index (χ4n) is 3.55. The summed E-state index contributed by atoms with van der Waals surface area (Å²) >= 11 is 3.37. The molecule has 4 N–H and O–H groups in total. The molecule has 158 valence electrons. The largest absolute Gasteiger partial charge is 0.494 e. The standard InChI is InChI=1S/C22H26BBrN2O4/c1-21(2)22(3,4)30-23(29-21)15-9-5-13(6-10-15)17(19(25)27)18(20(26)28)14-7-11-16(24)12-8-14/h5-12,17-18H,1-4H3,(H2,25,27)(H2,26,28). The molecule has 0 bridgehead atoms. The predicted octanol–water partition coefficient (Wildman–Crippen LogP) is 2.59. The molecule has 2 atom stereocenters. The highest BCUT2D eigenvalue weighted by atomic mass is 79.9. The summed E-state index contributed by atoms with van der Waals surface area (Å²) in [5.41, 5.74) is 12.5. The maximum Gasteiger partial charge on any atom is 0.494 e. The number of nitrogens with two attached hydrogens (primary N) is 2. The first-order valence-electron chi connectivity index (χ1n) is 9.72. The summed E-state index contributed by atoms with van der Waals surface area (Å²) in [5, 5.41) is 0. The van der Waals surface area contributed by atoms with Crippen LogP contribution in [0.15, 0.2) is 53.0 Å². The molecule has 2 amide bonds. The molecular formula is C22H26BBrN2O4. The van der Waals surface area contributed by atoms with Crippen molar-refractivity contribution in [2.45, 2.75) is 50.7 Å². The van der Waals surface area contributed by atoms with E-state index in [1.807, 2.05) is 39.8 Å². The van der Waals surface area contributed by atoms with Gasteiger partial charge in [-0.3, -0.25) is 9.59 Å². The van der Waals surface area contributed by atoms with Gasteiger partial charge >= 0.3 is 7.12 Å². The minimum absolute atomic E-state index is 0.454. The van der Waals surface area contributed by atoms with Crippen LogP contribution in [0.25, 0.3) is 0 Å². The SMILES string of the molecule is CC1(C)OB(c2ccc(C(C(N)=O)C(C(N)=O)c3ccc(Br)cc3)cc2)OC1(C)C. The average molecular weight is 473 g/mol. The number of rotatable bonds is 6. The zero-order valence-corrected chi connectivity index (χ0v) is 19.1. The van der Waals surface area contributed by atoms with Crippen molar-refractivity contribution in [2.75, 3.05) is 0 Å². The number of hydrogen-bond acceptors (Lipinski definition) is 4. The molecule has 6 nitrogen and oxygen atoms in total. The molecule has 2 aromatic rings. The fourth-order valence-corrected chi connectivity index (χ4v) is 3.82. The monoisotopic (exact) mass is 472 g/mol. The molecule has 1 aliphatic rings. The number of benzene rings is 2. The molecule has 0 aromatic heterocycles. The van der Waals surface area contributed by atoms with E-state index < -0.39 is 42.0 Å². The highest BCUT2D eigenvalue weighted by molar-refractivity contribution is 9.10. The molecule has 8 heteroatoms. The van der Waals surface area contributed by atoms with E-state index in [2.05, 4.69) is 15.9 Å². The minimum Gasteiger partial charge on any atom is -0.399 e. The van der Waals surface area contributed by atoms with Crippen molar-refractivity contribution in [3.8, 4) is 0 Å². The van der Waals surface area contributed by atoms with Gasteiger partial charge in [-0.1, -0.05) is 52.3 Å². The molecular weight excluding hydrogens is 447 g/mol. The lowest BCUT2D eigenvalue weighted by molar-refractivity contribution is -0.126. The highest BCUT2D eigenvalue weighted by Gasteiger charge is 2.51. The van der Waals surface area contributed by atoms with Crippen molar-refractivity contribution in [3.05, 3.63) is 64.1 Å². The molecule has 1 aliphatic heterocycles. The van der Waals surface area contributed by atoms with Crippen LogP contribution >= 0.6 is 15.9 Å². The van der Waals surface area contributed by atoms with Crippen LogP contribution in [-0.4, -0.2) is 30.1 Å². The minimum atomic E-state index is -0.893. The molecule has 1 heterocycles. The Morgan fingerprint density at radius 2 is 1.17 bits per heavy atom. The number of halogens is 1. The second-order valence-electron chi connectivity index (χ2n) is 8.57. The van der Waals surface area contributed by atoms with Gasteiger partial charge in [0.15, 0.2) is 0 Å². The molecule has 1 fully saturated rings. The molecule has 0 saturated carbocycles. The summed E-state index contributed by atoms with van der Waals surface area (Å²) in [5.74, 6) is -3.00. The molecule has 2 unspecified atom stereocenters. The smallest absolute Gasteiger partial charge is 0.399 e. The number of carbonyl (C=O) groups excluding carboxylic acids is 2. The van der Waals surface area contributed by atoms with Crippen molar-refractivity contribution in [1.82, 2.24) is 0 Å². The zero-order valence-electron chi connectivity index (χ0n) is 17.5. The van der Waals surface area contributed by atoms with Gasteiger partial charge in [-0.05, 0) is 56.4 Å². The number of primary amides is 2. The topological polar surface area (TPSA) is 105 Å². The Bertz CT molecular complexity index is 929. The van der Waals surface area contributed by atoms with Crippen LogP contribution in [0.3, 0.4) is 0 Å². The first kappa shape index (κ1) is 22.5. The average Bonchev–Trinajstić information content (AvgIpc) is 2.87. The van der Waals surface area contributed by atoms with Crippen LogP contribution in [-0.2, 0) is 18.9 Å². The van der Waals surface area contributed by atoms with E-state index in [-0.39, 0.29) is 0 Å². The van der Waals surface area contributed by atoms with Crippen LogP contribution in [0.2, 0.25) is 0 Å². The molecule has 3 rings (SSSR count). The lowest BCUT2D eigenvalue weighted by atomic mass is 9.76. The Labute approximate surface area is 185 Å². The molecule has 1 saturated heterocycles. The van der Waals surface area contributed by atoms with E-state index in [0.29, 0.717) is 11.1 Å². The number of hydrogen-bond donors (Lipinski definition) is 2. The highest BCUT2D eigenvalue weighted by Crippen LogP contribution is 2.37. The van der Waals surface area contributed by atoms with Crippen molar-refractivity contribution < 1.29 is 18.9 Å². The summed E-state index contributed by atoms with van der Waals surface area (Å²) in [4.78, 5) is 24.6.